The lowest BCUT2D eigenvalue weighted by molar-refractivity contribution is 0.102. The van der Waals surface area contributed by atoms with E-state index >= 15 is 0 Å². The molecular formula is C17H10Cl2N4O3S2. The molecule has 5 rings (SSSR count). The van der Waals surface area contributed by atoms with Crippen molar-refractivity contribution >= 4 is 67.8 Å². The largest absolute Gasteiger partial charge is 0.454 e. The van der Waals surface area contributed by atoms with Crippen LogP contribution in [-0.2, 0) is 0 Å². The molecule has 0 unspecified atom stereocenters. The molecule has 0 aliphatic carbocycles. The average Bonchev–Trinajstić information content (AvgIpc) is 3.39. The van der Waals surface area contributed by atoms with Crippen molar-refractivity contribution in [1.29, 1.82) is 0 Å². The molecule has 0 fully saturated rings. The summed E-state index contributed by atoms with van der Waals surface area (Å²) < 4.78 is 14.1. The summed E-state index contributed by atoms with van der Waals surface area (Å²) in [5.41, 5.74) is 1.82. The van der Waals surface area contributed by atoms with Gasteiger partial charge in [0.2, 0.25) is 11.9 Å². The second kappa shape index (κ2) is 6.63. The third kappa shape index (κ3) is 3.00. The Morgan fingerprint density at radius 1 is 1.18 bits per heavy atom. The molecule has 1 aliphatic heterocycles. The number of carbonyl (C=O) groups is 1. The quantitative estimate of drug-likeness (QED) is 0.465. The van der Waals surface area contributed by atoms with Gasteiger partial charge in [-0.15, -0.1) is 11.3 Å². The Labute approximate surface area is 176 Å². The van der Waals surface area contributed by atoms with Crippen LogP contribution in [0.4, 0.5) is 5.82 Å². The highest BCUT2D eigenvalue weighted by Crippen LogP contribution is 2.39. The predicted octanol–water partition coefficient (Wildman–Crippen LogP) is 5.14. The molecule has 142 valence electrons. The minimum absolute atomic E-state index is 0.211. The molecule has 0 radical (unpaired) electrons. The Bertz CT molecular complexity index is 1210. The maximum absolute atomic E-state index is 12.6. The summed E-state index contributed by atoms with van der Waals surface area (Å²) in [6.07, 6.45) is 0. The number of rotatable bonds is 3. The van der Waals surface area contributed by atoms with Crippen LogP contribution in [0.15, 0.2) is 24.3 Å². The molecule has 0 saturated heterocycles. The molecule has 28 heavy (non-hydrogen) atoms. The fourth-order valence-electron chi connectivity index (χ4n) is 2.81. The summed E-state index contributed by atoms with van der Waals surface area (Å²) >= 11 is 14.6. The van der Waals surface area contributed by atoms with Gasteiger partial charge in [0.25, 0.3) is 5.91 Å². The lowest BCUT2D eigenvalue weighted by Gasteiger charge is -2.05. The van der Waals surface area contributed by atoms with Gasteiger partial charge in [-0.1, -0.05) is 34.5 Å². The van der Waals surface area contributed by atoms with Gasteiger partial charge in [0.1, 0.15) is 10.2 Å². The zero-order chi connectivity index (χ0) is 19.4. The highest BCUT2D eigenvalue weighted by Gasteiger charge is 2.20. The number of amides is 1. The van der Waals surface area contributed by atoms with E-state index in [0.29, 0.717) is 36.7 Å². The van der Waals surface area contributed by atoms with Crippen molar-refractivity contribution in [3.8, 4) is 16.6 Å². The third-order valence-corrected chi connectivity index (χ3v) is 6.51. The van der Waals surface area contributed by atoms with Crippen molar-refractivity contribution in [2.45, 2.75) is 6.92 Å². The number of ether oxygens (including phenoxy) is 2. The van der Waals surface area contributed by atoms with Gasteiger partial charge in [-0.2, -0.15) is 9.78 Å². The molecule has 11 heteroatoms. The minimum atomic E-state index is -0.365. The molecule has 1 amide bonds. The lowest BCUT2D eigenvalue weighted by atomic mass is 10.3. The van der Waals surface area contributed by atoms with E-state index in [1.165, 1.54) is 17.4 Å². The van der Waals surface area contributed by atoms with E-state index in [4.69, 9.17) is 32.7 Å². The standard InChI is InChI=1S/C17H10Cl2N4O3S2/c1-7-2-14(21-16(24)8-3-13(18)28-15(8)19)23(22-7)17-20-9-4-10-11(26-6-25-10)5-12(9)27-17/h2-5H,6H2,1H3,(H,21,24). The van der Waals surface area contributed by atoms with Crippen LogP contribution < -0.4 is 14.8 Å². The number of aromatic nitrogens is 3. The summed E-state index contributed by atoms with van der Waals surface area (Å²) in [6, 6.07) is 7.02. The summed E-state index contributed by atoms with van der Waals surface area (Å²) in [5.74, 6) is 1.48. The number of nitrogens with zero attached hydrogens (tertiary/aromatic N) is 3. The van der Waals surface area contributed by atoms with Gasteiger partial charge in [0.15, 0.2) is 11.5 Å². The summed E-state index contributed by atoms with van der Waals surface area (Å²) in [6.45, 7) is 2.05. The van der Waals surface area contributed by atoms with Crippen LogP contribution in [0.1, 0.15) is 16.1 Å². The van der Waals surface area contributed by atoms with Crippen molar-refractivity contribution in [1.82, 2.24) is 14.8 Å². The number of aryl methyl sites for hydroxylation is 1. The molecule has 7 nitrogen and oxygen atoms in total. The van der Waals surface area contributed by atoms with Crippen molar-refractivity contribution < 1.29 is 14.3 Å². The van der Waals surface area contributed by atoms with Gasteiger partial charge >= 0.3 is 0 Å². The topological polar surface area (TPSA) is 78.3 Å². The number of benzene rings is 1. The zero-order valence-electron chi connectivity index (χ0n) is 14.2. The number of carbonyl (C=O) groups excluding carboxylic acids is 1. The van der Waals surface area contributed by atoms with E-state index in [1.807, 2.05) is 19.1 Å². The number of anilines is 1. The van der Waals surface area contributed by atoms with Crippen LogP contribution in [0.25, 0.3) is 15.3 Å². The van der Waals surface area contributed by atoms with Crippen LogP contribution in [0, 0.1) is 6.92 Å². The number of fused-ring (bicyclic) bond motifs is 2. The first-order chi connectivity index (χ1) is 13.5. The molecule has 0 saturated carbocycles. The fraction of sp³-hybridized carbons (Fsp3) is 0.118. The first-order valence-corrected chi connectivity index (χ1v) is 10.4. The van der Waals surface area contributed by atoms with E-state index < -0.39 is 0 Å². The Morgan fingerprint density at radius 2 is 1.96 bits per heavy atom. The first-order valence-electron chi connectivity index (χ1n) is 8.01. The number of hydrogen-bond acceptors (Lipinski definition) is 7. The van der Waals surface area contributed by atoms with Crippen LogP contribution in [0.2, 0.25) is 8.67 Å². The minimum Gasteiger partial charge on any atom is -0.454 e. The molecule has 3 aromatic heterocycles. The Kier molecular flexibility index (Phi) is 4.20. The highest BCUT2D eigenvalue weighted by atomic mass is 35.5. The molecule has 1 aromatic carbocycles. The third-order valence-electron chi connectivity index (χ3n) is 4.03. The zero-order valence-corrected chi connectivity index (χ0v) is 17.3. The van der Waals surface area contributed by atoms with Crippen molar-refractivity contribution in [3.05, 3.63) is 44.2 Å². The molecule has 0 spiro atoms. The fourth-order valence-corrected chi connectivity index (χ4v) is 5.21. The van der Waals surface area contributed by atoms with E-state index in [9.17, 15) is 4.79 Å². The number of thiazole rings is 1. The maximum Gasteiger partial charge on any atom is 0.259 e. The molecule has 0 atom stereocenters. The highest BCUT2D eigenvalue weighted by molar-refractivity contribution is 7.21. The summed E-state index contributed by atoms with van der Waals surface area (Å²) in [4.78, 5) is 17.2. The van der Waals surface area contributed by atoms with Crippen LogP contribution in [0.3, 0.4) is 0 Å². The molecule has 0 bridgehead atoms. The maximum atomic E-state index is 12.6. The van der Waals surface area contributed by atoms with Crippen molar-refractivity contribution in [2.75, 3.05) is 12.1 Å². The second-order valence-corrected chi connectivity index (χ2v) is 9.24. The Hall–Kier alpha value is -2.33. The second-order valence-electron chi connectivity index (χ2n) is 5.94. The van der Waals surface area contributed by atoms with Gasteiger partial charge in [0.05, 0.1) is 25.8 Å². The smallest absolute Gasteiger partial charge is 0.259 e. The molecule has 4 aromatic rings. The van der Waals surface area contributed by atoms with Gasteiger partial charge in [-0.25, -0.2) is 4.98 Å². The normalized spacial score (nSPS) is 12.7. The SMILES string of the molecule is Cc1cc(NC(=O)c2cc(Cl)sc2Cl)n(-c2nc3cc4c(cc3s2)OCO4)n1. The monoisotopic (exact) mass is 452 g/mol. The van der Waals surface area contributed by atoms with Crippen LogP contribution in [-0.4, -0.2) is 27.5 Å². The molecule has 1 aliphatic rings. The summed E-state index contributed by atoms with van der Waals surface area (Å²) in [7, 11) is 0. The Morgan fingerprint density at radius 3 is 2.71 bits per heavy atom. The van der Waals surface area contributed by atoms with E-state index in [-0.39, 0.29) is 12.7 Å². The van der Waals surface area contributed by atoms with Crippen molar-refractivity contribution in [2.24, 2.45) is 0 Å². The van der Waals surface area contributed by atoms with Crippen molar-refractivity contribution in [3.63, 3.8) is 0 Å². The number of hydrogen-bond donors (Lipinski definition) is 1. The number of thiophene rings is 1. The number of nitrogens with one attached hydrogen (secondary N) is 1. The van der Waals surface area contributed by atoms with E-state index in [2.05, 4.69) is 15.4 Å². The van der Waals surface area contributed by atoms with Gasteiger partial charge < -0.3 is 14.8 Å². The van der Waals surface area contributed by atoms with Crippen LogP contribution in [0.5, 0.6) is 11.5 Å². The average molecular weight is 453 g/mol. The number of halogens is 2. The van der Waals surface area contributed by atoms with Crippen LogP contribution >= 0.6 is 45.9 Å². The Balaban J connectivity index is 1.52. The van der Waals surface area contributed by atoms with Gasteiger partial charge in [0, 0.05) is 18.2 Å². The first kappa shape index (κ1) is 17.7. The van der Waals surface area contributed by atoms with E-state index in [0.717, 1.165) is 27.2 Å². The predicted molar refractivity (Wildman–Crippen MR) is 110 cm³/mol. The molecular weight excluding hydrogens is 443 g/mol. The van der Waals surface area contributed by atoms with E-state index in [1.54, 1.807) is 10.7 Å². The lowest BCUT2D eigenvalue weighted by Crippen LogP contribution is -2.14. The van der Waals surface area contributed by atoms with Gasteiger partial charge in [-0.05, 0) is 13.0 Å². The van der Waals surface area contributed by atoms with Gasteiger partial charge in [-0.3, -0.25) is 4.79 Å². The molecule has 1 N–H and O–H groups in total. The molecule has 4 heterocycles. The summed E-state index contributed by atoms with van der Waals surface area (Å²) in [5, 5.41) is 7.90.